The van der Waals surface area contributed by atoms with E-state index < -0.39 is 5.82 Å². The van der Waals surface area contributed by atoms with Gasteiger partial charge < -0.3 is 29.5 Å². The van der Waals surface area contributed by atoms with E-state index in [1.165, 1.54) is 18.5 Å². The average molecular weight is 517 g/mol. The summed E-state index contributed by atoms with van der Waals surface area (Å²) in [6.45, 7) is 4.50. The van der Waals surface area contributed by atoms with Crippen LogP contribution in [0.5, 0.6) is 11.5 Å². The number of fused-ring (bicyclic) bond motifs is 1. The number of aromatic nitrogens is 2. The quantitative estimate of drug-likeness (QED) is 0.400. The minimum Gasteiger partial charge on any atom is -0.493 e. The maximum atomic E-state index is 13.6. The van der Waals surface area contributed by atoms with Gasteiger partial charge in [0.1, 0.15) is 35.6 Å². The molecule has 36 heavy (non-hydrogen) atoms. The molecule has 0 saturated carbocycles. The van der Waals surface area contributed by atoms with Crippen LogP contribution in [0.1, 0.15) is 25.7 Å². The predicted molar refractivity (Wildman–Crippen MR) is 136 cm³/mol. The second-order valence-electron chi connectivity index (χ2n) is 9.17. The Balaban J connectivity index is 1.35. The lowest BCUT2D eigenvalue weighted by Crippen LogP contribution is -2.36. The second-order valence-corrected chi connectivity index (χ2v) is 9.58. The van der Waals surface area contributed by atoms with Gasteiger partial charge in [0, 0.05) is 43.9 Å². The average Bonchev–Trinajstić information content (AvgIpc) is 3.38. The second kappa shape index (κ2) is 11.6. The van der Waals surface area contributed by atoms with Crippen molar-refractivity contribution in [1.82, 2.24) is 14.9 Å². The topological polar surface area (TPSA) is 89.0 Å². The van der Waals surface area contributed by atoms with E-state index in [9.17, 15) is 9.50 Å². The van der Waals surface area contributed by atoms with Gasteiger partial charge in [-0.3, -0.25) is 0 Å². The molecule has 0 spiro atoms. The number of halogens is 2. The molecule has 0 bridgehead atoms. The van der Waals surface area contributed by atoms with Crippen molar-refractivity contribution in [2.45, 2.75) is 37.9 Å². The highest BCUT2D eigenvalue weighted by atomic mass is 35.5. The minimum atomic E-state index is -0.486. The third kappa shape index (κ3) is 6.15. The van der Waals surface area contributed by atoms with Gasteiger partial charge in [0.25, 0.3) is 0 Å². The lowest BCUT2D eigenvalue weighted by Gasteiger charge is -2.29. The summed E-state index contributed by atoms with van der Waals surface area (Å²) in [5.74, 6) is 1.30. The first-order valence-electron chi connectivity index (χ1n) is 12.3. The van der Waals surface area contributed by atoms with Gasteiger partial charge in [-0.25, -0.2) is 14.4 Å². The van der Waals surface area contributed by atoms with Gasteiger partial charge in [-0.2, -0.15) is 0 Å². The summed E-state index contributed by atoms with van der Waals surface area (Å²) in [7, 11) is 0. The van der Waals surface area contributed by atoms with E-state index in [0.717, 1.165) is 45.3 Å². The van der Waals surface area contributed by atoms with Crippen molar-refractivity contribution in [3.05, 3.63) is 47.5 Å². The molecule has 0 radical (unpaired) electrons. The minimum absolute atomic E-state index is 0.0226. The van der Waals surface area contributed by atoms with Crippen LogP contribution in [0.25, 0.3) is 10.9 Å². The molecule has 8 nitrogen and oxygen atoms in total. The normalized spacial score (nSPS) is 19.0. The molecule has 0 amide bonds. The summed E-state index contributed by atoms with van der Waals surface area (Å²) in [6, 6.07) is 8.15. The van der Waals surface area contributed by atoms with Gasteiger partial charge in [-0.1, -0.05) is 11.6 Å². The number of ether oxygens (including phenoxy) is 3. The van der Waals surface area contributed by atoms with Crippen molar-refractivity contribution in [1.29, 1.82) is 0 Å². The van der Waals surface area contributed by atoms with Gasteiger partial charge in [-0.05, 0) is 37.5 Å². The Labute approximate surface area is 214 Å². The molecule has 3 heterocycles. The molecule has 2 fully saturated rings. The van der Waals surface area contributed by atoms with Crippen LogP contribution in [0.4, 0.5) is 15.9 Å². The van der Waals surface area contributed by atoms with Crippen LogP contribution in [0.3, 0.4) is 0 Å². The number of rotatable bonds is 9. The maximum Gasteiger partial charge on any atom is 0.145 e. The fraction of sp³-hybridized carbons (Fsp3) is 0.462. The van der Waals surface area contributed by atoms with Crippen LogP contribution >= 0.6 is 11.6 Å². The van der Waals surface area contributed by atoms with E-state index in [1.54, 1.807) is 6.07 Å². The summed E-state index contributed by atoms with van der Waals surface area (Å²) in [5, 5.41) is 13.6. The first-order chi connectivity index (χ1) is 17.5. The van der Waals surface area contributed by atoms with Crippen molar-refractivity contribution < 1.29 is 23.7 Å². The molecule has 3 aromatic rings. The number of piperidine rings is 1. The summed E-state index contributed by atoms with van der Waals surface area (Å²) >= 11 is 5.96. The Bertz CT molecular complexity index is 1190. The molecule has 2 aromatic carbocycles. The van der Waals surface area contributed by atoms with E-state index in [2.05, 4.69) is 20.2 Å². The number of hydrogen-bond donors (Lipinski definition) is 2. The van der Waals surface area contributed by atoms with Crippen LogP contribution in [0, 0.1) is 5.82 Å². The lowest BCUT2D eigenvalue weighted by atomic mass is 10.1. The van der Waals surface area contributed by atoms with Crippen LogP contribution in [0.15, 0.2) is 36.7 Å². The number of benzene rings is 2. The van der Waals surface area contributed by atoms with Crippen molar-refractivity contribution in [2.24, 2.45) is 0 Å². The Morgan fingerprint density at radius 1 is 1.17 bits per heavy atom. The molecule has 2 saturated heterocycles. The molecular weight excluding hydrogens is 487 g/mol. The van der Waals surface area contributed by atoms with E-state index in [-0.39, 0.29) is 17.2 Å². The van der Waals surface area contributed by atoms with Crippen LogP contribution in [0.2, 0.25) is 5.02 Å². The van der Waals surface area contributed by atoms with Gasteiger partial charge in [0.05, 0.1) is 41.9 Å². The maximum absolute atomic E-state index is 13.6. The molecular formula is C26H30ClFN4O4. The SMILES string of the molecule is OC1CCN(CCCOc2cc(OC3CCOC3)c3c(Nc4ccc(F)c(Cl)c4)ncnc3c2)CC1. The highest BCUT2D eigenvalue weighted by Crippen LogP contribution is 2.37. The lowest BCUT2D eigenvalue weighted by molar-refractivity contribution is 0.0800. The van der Waals surface area contributed by atoms with Gasteiger partial charge in [0.2, 0.25) is 0 Å². The van der Waals surface area contributed by atoms with Gasteiger partial charge in [0.15, 0.2) is 0 Å². The van der Waals surface area contributed by atoms with Crippen molar-refractivity contribution in [3.63, 3.8) is 0 Å². The van der Waals surface area contributed by atoms with E-state index in [0.29, 0.717) is 53.7 Å². The summed E-state index contributed by atoms with van der Waals surface area (Å²) < 4.78 is 31.5. The largest absolute Gasteiger partial charge is 0.493 e. The number of aliphatic hydroxyl groups excluding tert-OH is 1. The number of nitrogens with one attached hydrogen (secondary N) is 1. The number of hydrogen-bond acceptors (Lipinski definition) is 8. The standard InChI is InChI=1S/C26H30ClFN4O4/c27-21-12-17(2-3-22(21)28)31-26-25-23(29-16-30-26)13-20(14-24(25)36-19-6-11-34-15-19)35-10-1-7-32-8-4-18(33)5-9-32/h2-3,12-14,16,18-19,33H,1,4-11,15H2,(H,29,30,31). The fourth-order valence-corrected chi connectivity index (χ4v) is 4.70. The molecule has 2 N–H and O–H groups in total. The molecule has 1 unspecified atom stereocenters. The van der Waals surface area contributed by atoms with Crippen molar-refractivity contribution in [3.8, 4) is 11.5 Å². The Kier molecular flexibility index (Phi) is 8.01. The molecule has 1 aromatic heterocycles. The monoisotopic (exact) mass is 516 g/mol. The third-order valence-electron chi connectivity index (χ3n) is 6.48. The van der Waals surface area contributed by atoms with E-state index in [1.807, 2.05) is 12.1 Å². The summed E-state index contributed by atoms with van der Waals surface area (Å²) in [5.41, 5.74) is 1.26. The van der Waals surface area contributed by atoms with Crippen LogP contribution < -0.4 is 14.8 Å². The number of anilines is 2. The summed E-state index contributed by atoms with van der Waals surface area (Å²) in [6.07, 6.45) is 4.55. The molecule has 0 aliphatic carbocycles. The number of nitrogens with zero attached hydrogens (tertiary/aromatic N) is 3. The predicted octanol–water partition coefficient (Wildman–Crippen LogP) is 4.56. The number of aliphatic hydroxyl groups is 1. The molecule has 5 rings (SSSR count). The third-order valence-corrected chi connectivity index (χ3v) is 6.77. The first kappa shape index (κ1) is 25.0. The smallest absolute Gasteiger partial charge is 0.145 e. The van der Waals surface area contributed by atoms with Crippen molar-refractivity contribution in [2.75, 3.05) is 44.8 Å². The zero-order valence-electron chi connectivity index (χ0n) is 20.0. The van der Waals surface area contributed by atoms with E-state index in [4.69, 9.17) is 25.8 Å². The Hall–Kier alpha value is -2.72. The molecule has 192 valence electrons. The van der Waals surface area contributed by atoms with E-state index >= 15 is 0 Å². The molecule has 2 aliphatic rings. The fourth-order valence-electron chi connectivity index (χ4n) is 4.52. The zero-order chi connectivity index (χ0) is 24.9. The van der Waals surface area contributed by atoms with Crippen LogP contribution in [-0.4, -0.2) is 71.6 Å². The summed E-state index contributed by atoms with van der Waals surface area (Å²) in [4.78, 5) is 11.2. The van der Waals surface area contributed by atoms with Gasteiger partial charge >= 0.3 is 0 Å². The van der Waals surface area contributed by atoms with Crippen LogP contribution in [-0.2, 0) is 4.74 Å². The highest BCUT2D eigenvalue weighted by Gasteiger charge is 2.21. The Morgan fingerprint density at radius 2 is 2.03 bits per heavy atom. The van der Waals surface area contributed by atoms with Gasteiger partial charge in [-0.15, -0.1) is 0 Å². The highest BCUT2D eigenvalue weighted by molar-refractivity contribution is 6.31. The van der Waals surface area contributed by atoms with Crippen molar-refractivity contribution >= 4 is 34.0 Å². The molecule has 10 heteroatoms. The molecule has 1 atom stereocenters. The zero-order valence-corrected chi connectivity index (χ0v) is 20.7. The molecule has 2 aliphatic heterocycles. The first-order valence-corrected chi connectivity index (χ1v) is 12.7. The Morgan fingerprint density at radius 3 is 2.81 bits per heavy atom. The number of likely N-dealkylation sites (tertiary alicyclic amines) is 1.